The normalized spacial score (nSPS) is 20.3. The highest BCUT2D eigenvalue weighted by Gasteiger charge is 2.44. The predicted octanol–water partition coefficient (Wildman–Crippen LogP) is 12.6. The average molecular weight is 987 g/mol. The summed E-state index contributed by atoms with van der Waals surface area (Å²) >= 11 is 0. The van der Waals surface area contributed by atoms with E-state index in [2.05, 4.69) is 19.2 Å². The van der Waals surface area contributed by atoms with E-state index in [4.69, 9.17) is 9.47 Å². The Labute approximate surface area is 424 Å². The van der Waals surface area contributed by atoms with Gasteiger partial charge in [0, 0.05) is 0 Å². The quantitative estimate of drug-likeness (QED) is 0.0272. The largest absolute Gasteiger partial charge is 0.394 e. The zero-order valence-electron chi connectivity index (χ0n) is 45.1. The molecule has 0 spiro atoms. The molecule has 0 bridgehead atoms. The molecule has 1 fully saturated rings. The molecule has 1 aliphatic heterocycles. The number of amides is 1. The fourth-order valence-corrected chi connectivity index (χ4v) is 10.0. The highest BCUT2D eigenvalue weighted by molar-refractivity contribution is 5.80. The van der Waals surface area contributed by atoms with E-state index in [-0.39, 0.29) is 6.42 Å². The first-order valence-corrected chi connectivity index (χ1v) is 29.9. The summed E-state index contributed by atoms with van der Waals surface area (Å²) < 4.78 is 11.1. The molecule has 9 atom stereocenters. The van der Waals surface area contributed by atoms with Crippen LogP contribution >= 0.6 is 0 Å². The van der Waals surface area contributed by atoms with Crippen LogP contribution in [0.25, 0.3) is 0 Å². The van der Waals surface area contributed by atoms with Crippen LogP contribution in [0.15, 0.2) is 0 Å². The van der Waals surface area contributed by atoms with E-state index in [1.807, 2.05) is 0 Å². The highest BCUT2D eigenvalue weighted by atomic mass is 16.7. The number of carbonyl (C=O) groups is 1. The minimum Gasteiger partial charge on any atom is -0.394 e. The second-order valence-corrected chi connectivity index (χ2v) is 21.4. The Morgan fingerprint density at radius 3 is 1.07 bits per heavy atom. The van der Waals surface area contributed by atoms with Crippen LogP contribution in [-0.4, -0.2) is 110 Å². The van der Waals surface area contributed by atoms with Crippen LogP contribution in [0, 0.1) is 0 Å². The third kappa shape index (κ3) is 36.6. The summed E-state index contributed by atoms with van der Waals surface area (Å²) in [5.74, 6) is -0.691. The first-order chi connectivity index (χ1) is 33.7. The summed E-state index contributed by atoms with van der Waals surface area (Å²) in [6.45, 7) is 3.46. The van der Waals surface area contributed by atoms with Gasteiger partial charge in [0.1, 0.15) is 36.6 Å². The van der Waals surface area contributed by atoms with Crippen molar-refractivity contribution in [3.8, 4) is 0 Å². The molecule has 11 heteroatoms. The van der Waals surface area contributed by atoms with Gasteiger partial charge >= 0.3 is 0 Å². The summed E-state index contributed by atoms with van der Waals surface area (Å²) in [5, 5.41) is 75.9. The molecule has 412 valence electrons. The summed E-state index contributed by atoms with van der Waals surface area (Å²) in [6.07, 6.45) is 43.4. The number of rotatable bonds is 52. The Bertz CT molecular complexity index is 1090. The van der Waals surface area contributed by atoms with Gasteiger partial charge in [0.15, 0.2) is 6.29 Å². The Morgan fingerprint density at radius 2 is 0.754 bits per heavy atom. The lowest BCUT2D eigenvalue weighted by molar-refractivity contribution is -0.303. The molecule has 8 N–H and O–H groups in total. The van der Waals surface area contributed by atoms with Gasteiger partial charge in [-0.1, -0.05) is 284 Å². The molecule has 0 radical (unpaired) electrons. The lowest BCUT2D eigenvalue weighted by Gasteiger charge is -2.40. The van der Waals surface area contributed by atoms with Gasteiger partial charge in [-0.3, -0.25) is 4.79 Å². The molecule has 0 aliphatic carbocycles. The van der Waals surface area contributed by atoms with E-state index in [0.717, 1.165) is 38.5 Å². The molecule has 0 aromatic heterocycles. The minimum absolute atomic E-state index is 0.267. The van der Waals surface area contributed by atoms with Crippen LogP contribution in [0.2, 0.25) is 0 Å². The summed E-state index contributed by atoms with van der Waals surface area (Å²) in [7, 11) is 0. The second-order valence-electron chi connectivity index (χ2n) is 21.4. The van der Waals surface area contributed by atoms with Crippen molar-refractivity contribution >= 4 is 5.91 Å². The van der Waals surface area contributed by atoms with Gasteiger partial charge in [0.05, 0.1) is 25.4 Å². The van der Waals surface area contributed by atoms with Crippen molar-refractivity contribution in [1.82, 2.24) is 5.32 Å². The van der Waals surface area contributed by atoms with Crippen molar-refractivity contribution in [3.05, 3.63) is 0 Å². The summed E-state index contributed by atoms with van der Waals surface area (Å²) in [4.78, 5) is 13.1. The highest BCUT2D eigenvalue weighted by Crippen LogP contribution is 2.24. The van der Waals surface area contributed by atoms with Crippen LogP contribution in [-0.2, 0) is 14.3 Å². The maximum absolute atomic E-state index is 13.1. The van der Waals surface area contributed by atoms with E-state index in [1.165, 1.54) is 218 Å². The Kier molecular flexibility index (Phi) is 46.1. The zero-order valence-corrected chi connectivity index (χ0v) is 45.1. The molecular formula is C58H115NO10. The van der Waals surface area contributed by atoms with Gasteiger partial charge in [-0.05, 0) is 12.8 Å². The van der Waals surface area contributed by atoms with Crippen molar-refractivity contribution in [1.29, 1.82) is 0 Å². The van der Waals surface area contributed by atoms with E-state index >= 15 is 0 Å². The molecule has 1 heterocycles. The van der Waals surface area contributed by atoms with E-state index in [1.54, 1.807) is 0 Å². The molecule has 0 aromatic carbocycles. The number of aliphatic hydroxyl groups excluding tert-OH is 7. The maximum atomic E-state index is 13.1. The topological polar surface area (TPSA) is 189 Å². The number of ether oxygens (including phenoxy) is 2. The Morgan fingerprint density at radius 1 is 0.449 bits per heavy atom. The van der Waals surface area contributed by atoms with Gasteiger partial charge < -0.3 is 50.5 Å². The van der Waals surface area contributed by atoms with Gasteiger partial charge in [-0.25, -0.2) is 0 Å². The minimum atomic E-state index is -1.66. The van der Waals surface area contributed by atoms with Gasteiger partial charge in [0.2, 0.25) is 5.91 Å². The van der Waals surface area contributed by atoms with E-state index < -0.39 is 74.2 Å². The third-order valence-corrected chi connectivity index (χ3v) is 14.9. The Balaban J connectivity index is 2.13. The first-order valence-electron chi connectivity index (χ1n) is 29.9. The molecule has 0 saturated carbocycles. The average Bonchev–Trinajstić information content (AvgIpc) is 3.35. The molecule has 1 rings (SSSR count). The van der Waals surface area contributed by atoms with Crippen molar-refractivity contribution in [2.45, 2.75) is 351 Å². The number of hydrogen-bond acceptors (Lipinski definition) is 10. The third-order valence-electron chi connectivity index (χ3n) is 14.9. The number of hydrogen-bond donors (Lipinski definition) is 8. The number of nitrogens with one attached hydrogen (secondary N) is 1. The predicted molar refractivity (Wildman–Crippen MR) is 284 cm³/mol. The molecule has 9 unspecified atom stereocenters. The van der Waals surface area contributed by atoms with Crippen molar-refractivity contribution in [3.63, 3.8) is 0 Å². The van der Waals surface area contributed by atoms with Gasteiger partial charge in [-0.2, -0.15) is 0 Å². The van der Waals surface area contributed by atoms with Crippen molar-refractivity contribution in [2.24, 2.45) is 0 Å². The smallest absolute Gasteiger partial charge is 0.249 e. The molecule has 0 aromatic rings. The molecule has 11 nitrogen and oxygen atoms in total. The summed E-state index contributed by atoms with van der Waals surface area (Å²) in [6, 6.07) is -1.16. The molecular weight excluding hydrogens is 871 g/mol. The fraction of sp³-hybridized carbons (Fsp3) is 0.983. The van der Waals surface area contributed by atoms with E-state index in [9.17, 15) is 40.5 Å². The number of carbonyl (C=O) groups excluding carboxylic acids is 1. The molecule has 1 aliphatic rings. The zero-order chi connectivity index (χ0) is 50.4. The standard InChI is InChI=1S/C58H115NO10/c1-3-5-7-9-11-13-15-16-17-18-19-20-21-22-23-24-25-26-27-28-29-30-31-32-33-34-35-36-38-40-42-44-46-51(62)57(67)59-49(48-68-58-56(66)55(65)54(64)52(47-60)69-58)53(63)50(61)45-43-41-39-37-14-12-10-8-6-4-2/h49-56,58,60-66H,3-48H2,1-2H3,(H,59,67). The summed E-state index contributed by atoms with van der Waals surface area (Å²) in [5.41, 5.74) is 0. The fourth-order valence-electron chi connectivity index (χ4n) is 10.0. The van der Waals surface area contributed by atoms with Crippen LogP contribution in [0.5, 0.6) is 0 Å². The molecule has 69 heavy (non-hydrogen) atoms. The van der Waals surface area contributed by atoms with Crippen molar-refractivity contribution < 1.29 is 50.0 Å². The first kappa shape index (κ1) is 66.1. The van der Waals surface area contributed by atoms with E-state index in [0.29, 0.717) is 19.3 Å². The number of aliphatic hydroxyl groups is 7. The SMILES string of the molecule is CCCCCCCCCCCCCCCCCCCCCCCCCCCCCCCCCCC(O)C(=O)NC(COC1OC(CO)C(O)C(O)C1O)C(O)C(O)CCCCCCCCCCCC. The number of unbranched alkanes of at least 4 members (excludes halogenated alkanes) is 40. The lowest BCUT2D eigenvalue weighted by Crippen LogP contribution is -2.60. The van der Waals surface area contributed by atoms with Crippen molar-refractivity contribution in [2.75, 3.05) is 13.2 Å². The van der Waals surface area contributed by atoms with Crippen LogP contribution in [0.1, 0.15) is 296 Å². The lowest BCUT2D eigenvalue weighted by atomic mass is 9.98. The molecule has 1 amide bonds. The molecule has 1 saturated heterocycles. The van der Waals surface area contributed by atoms with Crippen LogP contribution in [0.4, 0.5) is 0 Å². The van der Waals surface area contributed by atoms with Gasteiger partial charge in [0.25, 0.3) is 0 Å². The van der Waals surface area contributed by atoms with Crippen LogP contribution < -0.4 is 5.32 Å². The Hall–Kier alpha value is -0.890. The maximum Gasteiger partial charge on any atom is 0.249 e. The van der Waals surface area contributed by atoms with Crippen LogP contribution in [0.3, 0.4) is 0 Å². The monoisotopic (exact) mass is 986 g/mol. The second kappa shape index (κ2) is 48.1. The van der Waals surface area contributed by atoms with Gasteiger partial charge in [-0.15, -0.1) is 0 Å².